The van der Waals surface area contributed by atoms with Crippen LogP contribution < -0.4 is 9.47 Å². The first-order valence-electron chi connectivity index (χ1n) is 6.01. The summed E-state index contributed by atoms with van der Waals surface area (Å²) in [5.41, 5.74) is 0. The molecule has 0 aliphatic rings. The highest BCUT2D eigenvalue weighted by Crippen LogP contribution is 2.34. The average Bonchev–Trinajstić information content (AvgIpc) is 2.35. The fourth-order valence-electron chi connectivity index (χ4n) is 1.40. The van der Waals surface area contributed by atoms with Crippen molar-refractivity contribution >= 4 is 16.1 Å². The van der Waals surface area contributed by atoms with Gasteiger partial charge in [-0.15, -0.1) is 0 Å². The SMILES string of the molecule is CC=CC(=O)Oc1cccc(S(=O)(=O)O)c1OCC(C)O. The highest BCUT2D eigenvalue weighted by atomic mass is 32.2. The van der Waals surface area contributed by atoms with Crippen molar-refractivity contribution in [1.82, 2.24) is 0 Å². The predicted octanol–water partition coefficient (Wildman–Crippen LogP) is 1.17. The van der Waals surface area contributed by atoms with Crippen LogP contribution in [0.2, 0.25) is 0 Å². The molecule has 2 N–H and O–H groups in total. The number of hydrogen-bond donors (Lipinski definition) is 2. The highest BCUT2D eigenvalue weighted by molar-refractivity contribution is 7.86. The van der Waals surface area contributed by atoms with Crippen LogP contribution >= 0.6 is 0 Å². The van der Waals surface area contributed by atoms with E-state index < -0.39 is 27.1 Å². The molecule has 1 aromatic carbocycles. The molecule has 7 nitrogen and oxygen atoms in total. The predicted molar refractivity (Wildman–Crippen MR) is 73.9 cm³/mol. The molecule has 1 rings (SSSR count). The molecule has 0 spiro atoms. The molecule has 1 unspecified atom stereocenters. The molecule has 21 heavy (non-hydrogen) atoms. The Balaban J connectivity index is 3.25. The maximum Gasteiger partial charge on any atom is 0.335 e. The zero-order valence-electron chi connectivity index (χ0n) is 11.5. The van der Waals surface area contributed by atoms with Crippen LogP contribution in [0, 0.1) is 0 Å². The fourth-order valence-corrected chi connectivity index (χ4v) is 2.05. The summed E-state index contributed by atoms with van der Waals surface area (Å²) in [5, 5.41) is 9.21. The minimum Gasteiger partial charge on any atom is -0.486 e. The summed E-state index contributed by atoms with van der Waals surface area (Å²) in [6, 6.07) is 3.70. The molecule has 0 radical (unpaired) electrons. The van der Waals surface area contributed by atoms with Crippen molar-refractivity contribution in [3.8, 4) is 11.5 Å². The van der Waals surface area contributed by atoms with E-state index in [0.29, 0.717) is 0 Å². The van der Waals surface area contributed by atoms with Gasteiger partial charge in [-0.1, -0.05) is 12.1 Å². The summed E-state index contributed by atoms with van der Waals surface area (Å²) in [5.74, 6) is -1.24. The molecule has 0 saturated carbocycles. The van der Waals surface area contributed by atoms with Crippen molar-refractivity contribution in [2.45, 2.75) is 24.8 Å². The van der Waals surface area contributed by atoms with Crippen molar-refractivity contribution < 1.29 is 32.3 Å². The van der Waals surface area contributed by atoms with Crippen LogP contribution in [0.3, 0.4) is 0 Å². The first kappa shape index (κ1) is 17.2. The van der Waals surface area contributed by atoms with Gasteiger partial charge >= 0.3 is 5.97 Å². The van der Waals surface area contributed by atoms with E-state index in [-0.39, 0.29) is 18.1 Å². The topological polar surface area (TPSA) is 110 Å². The number of esters is 1. The third-order valence-electron chi connectivity index (χ3n) is 2.20. The maximum absolute atomic E-state index is 11.4. The number of aliphatic hydroxyl groups excluding tert-OH is 1. The maximum atomic E-state index is 11.4. The number of hydrogen-bond acceptors (Lipinski definition) is 6. The van der Waals surface area contributed by atoms with Gasteiger partial charge in [-0.2, -0.15) is 8.42 Å². The second-order valence-electron chi connectivity index (χ2n) is 4.14. The van der Waals surface area contributed by atoms with Gasteiger partial charge in [0.2, 0.25) is 0 Å². The second kappa shape index (κ2) is 7.21. The Morgan fingerprint density at radius 3 is 2.62 bits per heavy atom. The van der Waals surface area contributed by atoms with E-state index in [9.17, 15) is 22.9 Å². The van der Waals surface area contributed by atoms with E-state index >= 15 is 0 Å². The zero-order valence-corrected chi connectivity index (χ0v) is 12.3. The van der Waals surface area contributed by atoms with Gasteiger partial charge in [0.15, 0.2) is 11.5 Å². The molecule has 0 aliphatic carbocycles. The molecule has 0 fully saturated rings. The third-order valence-corrected chi connectivity index (χ3v) is 3.08. The van der Waals surface area contributed by atoms with Crippen LogP contribution in [0.1, 0.15) is 13.8 Å². The Labute approximate surface area is 122 Å². The van der Waals surface area contributed by atoms with Crippen LogP contribution in [0.25, 0.3) is 0 Å². The Kier molecular flexibility index (Phi) is 5.89. The molecule has 8 heteroatoms. The van der Waals surface area contributed by atoms with Crippen molar-refractivity contribution in [1.29, 1.82) is 0 Å². The molecular weight excluding hydrogens is 300 g/mol. The molecule has 0 aliphatic heterocycles. The second-order valence-corrected chi connectivity index (χ2v) is 5.53. The van der Waals surface area contributed by atoms with Gasteiger partial charge in [0.1, 0.15) is 11.5 Å². The van der Waals surface area contributed by atoms with Crippen LogP contribution in [0.4, 0.5) is 0 Å². The number of aliphatic hydroxyl groups is 1. The normalized spacial score (nSPS) is 13.1. The Morgan fingerprint density at radius 1 is 1.43 bits per heavy atom. The first-order chi connectivity index (χ1) is 9.75. The summed E-state index contributed by atoms with van der Waals surface area (Å²) < 4.78 is 41.9. The molecule has 116 valence electrons. The molecule has 1 aromatic rings. The zero-order chi connectivity index (χ0) is 16.0. The summed E-state index contributed by atoms with van der Waals surface area (Å²) in [4.78, 5) is 10.9. The molecule has 0 heterocycles. The number of carbonyl (C=O) groups is 1. The quantitative estimate of drug-likeness (QED) is 0.351. The van der Waals surface area contributed by atoms with E-state index in [1.165, 1.54) is 25.1 Å². The van der Waals surface area contributed by atoms with Crippen LogP contribution in [-0.2, 0) is 14.9 Å². The number of rotatable bonds is 6. The summed E-state index contributed by atoms with van der Waals surface area (Å²) >= 11 is 0. The number of carbonyl (C=O) groups excluding carboxylic acids is 1. The minimum absolute atomic E-state index is 0.172. The molecular formula is C13H16O7S. The lowest BCUT2D eigenvalue weighted by molar-refractivity contribution is -0.129. The number of allylic oxidation sites excluding steroid dienone is 1. The van der Waals surface area contributed by atoms with Gasteiger partial charge in [-0.3, -0.25) is 4.55 Å². The molecule has 0 aromatic heterocycles. The summed E-state index contributed by atoms with van der Waals surface area (Å²) in [6.45, 7) is 2.81. The number of para-hydroxylation sites is 1. The molecule has 0 saturated heterocycles. The monoisotopic (exact) mass is 316 g/mol. The first-order valence-corrected chi connectivity index (χ1v) is 7.45. The lowest BCUT2D eigenvalue weighted by Crippen LogP contribution is -2.16. The Hall–Kier alpha value is -1.90. The van der Waals surface area contributed by atoms with E-state index in [2.05, 4.69) is 0 Å². The molecule has 0 bridgehead atoms. The van der Waals surface area contributed by atoms with E-state index in [4.69, 9.17) is 9.47 Å². The van der Waals surface area contributed by atoms with Gasteiger partial charge in [-0.25, -0.2) is 4.79 Å². The Morgan fingerprint density at radius 2 is 2.10 bits per heavy atom. The standard InChI is InChI=1S/C13H16O7S/c1-3-5-12(15)20-10-6-4-7-11(21(16,17)18)13(10)19-8-9(2)14/h3-7,9,14H,8H2,1-2H3,(H,16,17,18). The largest absolute Gasteiger partial charge is 0.486 e. The van der Waals surface area contributed by atoms with Gasteiger partial charge in [0, 0.05) is 6.08 Å². The fraction of sp³-hybridized carbons (Fsp3) is 0.308. The average molecular weight is 316 g/mol. The van der Waals surface area contributed by atoms with Gasteiger partial charge < -0.3 is 14.6 Å². The molecule has 0 amide bonds. The van der Waals surface area contributed by atoms with Gasteiger partial charge in [0.05, 0.1) is 6.10 Å². The minimum atomic E-state index is -4.57. The summed E-state index contributed by atoms with van der Waals surface area (Å²) in [6.07, 6.45) is 1.71. The van der Waals surface area contributed by atoms with Gasteiger partial charge in [-0.05, 0) is 26.0 Å². The van der Waals surface area contributed by atoms with Crippen molar-refractivity contribution in [3.05, 3.63) is 30.4 Å². The lowest BCUT2D eigenvalue weighted by atomic mass is 10.3. The smallest absolute Gasteiger partial charge is 0.335 e. The van der Waals surface area contributed by atoms with Crippen molar-refractivity contribution in [2.24, 2.45) is 0 Å². The Bertz CT molecular complexity index is 632. The van der Waals surface area contributed by atoms with Crippen LogP contribution in [0.5, 0.6) is 11.5 Å². The van der Waals surface area contributed by atoms with Gasteiger partial charge in [0.25, 0.3) is 10.1 Å². The van der Waals surface area contributed by atoms with E-state index in [0.717, 1.165) is 12.1 Å². The highest BCUT2D eigenvalue weighted by Gasteiger charge is 2.22. The van der Waals surface area contributed by atoms with Crippen LogP contribution in [0.15, 0.2) is 35.2 Å². The van der Waals surface area contributed by atoms with E-state index in [1.54, 1.807) is 6.92 Å². The lowest BCUT2D eigenvalue weighted by Gasteiger charge is -2.14. The number of benzene rings is 1. The van der Waals surface area contributed by atoms with E-state index in [1.807, 2.05) is 0 Å². The van der Waals surface area contributed by atoms with Crippen molar-refractivity contribution in [2.75, 3.05) is 6.61 Å². The van der Waals surface area contributed by atoms with Crippen LogP contribution in [-0.4, -0.2) is 36.8 Å². The van der Waals surface area contributed by atoms with Crippen molar-refractivity contribution in [3.63, 3.8) is 0 Å². The number of ether oxygens (including phenoxy) is 2. The third kappa shape index (κ3) is 5.18. The molecule has 1 atom stereocenters. The summed E-state index contributed by atoms with van der Waals surface area (Å²) in [7, 11) is -4.57.